The minimum absolute atomic E-state index is 0. The highest BCUT2D eigenvalue weighted by molar-refractivity contribution is 7.89. The van der Waals surface area contributed by atoms with Crippen molar-refractivity contribution >= 4 is 80.9 Å². The SMILES string of the molecule is C.CC12CC3CC(C1O3)S(=O)(=O)O2.CC12CC3OS(=O)(=O)C(C1)C3O2.CC12OC3CC1OS(=O)(=O)C2C3.CC1C2(C)CC3C(O2)C1(C)OS3(=O)=O.CC1C2CC3C(O2)C1OS3(=O)=O.CC1C2CC3OS(=O)(=O)C1C3O2.O=S1(=O)OC2CC3CC1C2O3.O=S1(=O)OC2CC3CC1C2O3. The van der Waals surface area contributed by atoms with Crippen LogP contribution in [0.2, 0.25) is 0 Å². The number of hydrogen-bond donors (Lipinski definition) is 0. The smallest absolute Gasteiger partial charge is 0.273 e. The fourth-order valence-corrected chi connectivity index (χ4v) is 35.4. The molecule has 0 N–H and O–H groups in total. The van der Waals surface area contributed by atoms with E-state index < -0.39 is 108 Å². The zero-order valence-electron chi connectivity index (χ0n) is 53.3. The minimum Gasteiger partial charge on any atom is -0.371 e. The molecule has 24 fully saturated rings. The van der Waals surface area contributed by atoms with Crippen molar-refractivity contribution in [3.05, 3.63) is 0 Å². The topological polar surface area (TPSA) is 421 Å². The van der Waals surface area contributed by atoms with E-state index in [9.17, 15) is 67.3 Å². The van der Waals surface area contributed by atoms with Crippen LogP contribution in [0.5, 0.6) is 0 Å². The molecule has 40 heteroatoms. The quantitative estimate of drug-likeness (QED) is 0.298. The van der Waals surface area contributed by atoms with Gasteiger partial charge in [-0.3, -0.25) is 33.5 Å². The molecule has 24 rings (SSSR count). The van der Waals surface area contributed by atoms with Gasteiger partial charge >= 0.3 is 0 Å². The molecule has 0 amide bonds. The van der Waals surface area contributed by atoms with Crippen molar-refractivity contribution in [2.45, 2.75) is 332 Å². The van der Waals surface area contributed by atoms with Crippen LogP contribution in [0.15, 0.2) is 0 Å². The van der Waals surface area contributed by atoms with Crippen molar-refractivity contribution in [3.63, 3.8) is 0 Å². The van der Waals surface area contributed by atoms with Gasteiger partial charge in [0, 0.05) is 56.3 Å². The molecule has 97 heavy (non-hydrogen) atoms. The van der Waals surface area contributed by atoms with Crippen molar-refractivity contribution in [2.75, 3.05) is 0 Å². The van der Waals surface area contributed by atoms with E-state index in [0.717, 1.165) is 38.5 Å². The third-order valence-electron chi connectivity index (χ3n) is 25.5. The predicted octanol–water partition coefficient (Wildman–Crippen LogP) is 0.483. The number of hydrogen-bond acceptors (Lipinski definition) is 32. The zero-order chi connectivity index (χ0) is 68.3. The Kier molecular flexibility index (Phi) is 15.8. The molecule has 24 saturated heterocycles. The van der Waals surface area contributed by atoms with Crippen LogP contribution in [-0.4, -0.2) is 253 Å². The van der Waals surface area contributed by atoms with Gasteiger partial charge in [0.2, 0.25) is 0 Å². The Balaban J connectivity index is 0.0000000869. The average Bonchev–Trinajstić information content (AvgIpc) is 1.50. The Morgan fingerprint density at radius 2 is 0.866 bits per heavy atom. The van der Waals surface area contributed by atoms with Crippen LogP contribution in [-0.2, 0) is 152 Å². The van der Waals surface area contributed by atoms with Gasteiger partial charge in [-0.05, 0) is 79.6 Å². The Morgan fingerprint density at radius 1 is 0.320 bits per heavy atom. The van der Waals surface area contributed by atoms with Crippen LogP contribution in [0.3, 0.4) is 0 Å². The molecular formula is C57H84O32S8. The molecule has 32 nitrogen and oxygen atoms in total. The summed E-state index contributed by atoms with van der Waals surface area (Å²) in [5.74, 6) is 0.482. The first-order valence-electron chi connectivity index (χ1n) is 33.1. The van der Waals surface area contributed by atoms with Crippen LogP contribution in [0.4, 0.5) is 0 Å². The van der Waals surface area contributed by atoms with E-state index in [4.69, 9.17) is 71.4 Å². The van der Waals surface area contributed by atoms with Gasteiger partial charge in [0.1, 0.15) is 138 Å². The monoisotopic (exact) mass is 1540 g/mol. The molecular weight excluding hydrogens is 1450 g/mol. The van der Waals surface area contributed by atoms with Gasteiger partial charge in [0.15, 0.2) is 0 Å². The van der Waals surface area contributed by atoms with Crippen molar-refractivity contribution in [1.29, 1.82) is 0 Å². The summed E-state index contributed by atoms with van der Waals surface area (Å²) in [5.41, 5.74) is -2.26. The second-order valence-corrected chi connectivity index (χ2v) is 45.7. The third-order valence-corrected chi connectivity index (χ3v) is 39.6. The predicted molar refractivity (Wildman–Crippen MR) is 327 cm³/mol. The summed E-state index contributed by atoms with van der Waals surface area (Å²) >= 11 is 0. The van der Waals surface area contributed by atoms with Crippen LogP contribution in [0.1, 0.15) is 146 Å². The fourth-order valence-electron chi connectivity index (χ4n) is 20.7. The normalized spacial score (nSPS) is 59.0. The third kappa shape index (κ3) is 10.5. The number of fused-ring (bicyclic) bond motifs is 8. The van der Waals surface area contributed by atoms with Crippen LogP contribution >= 0.6 is 0 Å². The average molecular weight is 1540 g/mol. The molecule has 0 saturated carbocycles. The summed E-state index contributed by atoms with van der Waals surface area (Å²) in [5, 5.41) is -3.09. The summed E-state index contributed by atoms with van der Waals surface area (Å²) in [6, 6.07) is 0. The summed E-state index contributed by atoms with van der Waals surface area (Å²) < 4.78 is 266. The molecule has 0 aliphatic carbocycles. The first kappa shape index (κ1) is 70.3. The first-order valence-corrected chi connectivity index (χ1v) is 44.8. The van der Waals surface area contributed by atoms with Crippen molar-refractivity contribution in [3.8, 4) is 0 Å². The maximum atomic E-state index is 11.7. The Morgan fingerprint density at radius 3 is 1.33 bits per heavy atom. The minimum atomic E-state index is -3.39. The Hall–Kier alpha value is -1.04. The fraction of sp³-hybridized carbons (Fsp3) is 1.00. The molecule has 0 radical (unpaired) electrons. The largest absolute Gasteiger partial charge is 0.371 e. The first-order chi connectivity index (χ1) is 44.4. The number of rotatable bonds is 0. The van der Waals surface area contributed by atoms with Gasteiger partial charge in [-0.2, -0.15) is 67.3 Å². The Bertz CT molecular complexity index is 4130. The molecule has 24 heterocycles. The van der Waals surface area contributed by atoms with Crippen LogP contribution in [0, 0.1) is 17.8 Å². The van der Waals surface area contributed by atoms with E-state index in [1.807, 2.05) is 55.4 Å². The van der Waals surface area contributed by atoms with E-state index in [0.29, 0.717) is 44.9 Å². The molecule has 552 valence electrons. The van der Waals surface area contributed by atoms with Gasteiger partial charge in [-0.25, -0.2) is 0 Å². The highest BCUT2D eigenvalue weighted by Gasteiger charge is 2.76. The molecule has 16 bridgehead atoms. The highest BCUT2D eigenvalue weighted by Crippen LogP contribution is 2.62. The van der Waals surface area contributed by atoms with Gasteiger partial charge < -0.3 is 37.9 Å². The van der Waals surface area contributed by atoms with Crippen molar-refractivity contribution in [2.24, 2.45) is 17.8 Å². The van der Waals surface area contributed by atoms with Crippen LogP contribution in [0.25, 0.3) is 0 Å². The molecule has 0 aromatic heterocycles. The Labute approximate surface area is 566 Å². The molecule has 24 aliphatic heterocycles. The second kappa shape index (κ2) is 21.8. The van der Waals surface area contributed by atoms with Crippen molar-refractivity contribution < 1.29 is 139 Å². The summed E-state index contributed by atoms with van der Waals surface area (Å²) in [6.07, 6.45) is 7.18. The zero-order valence-corrected chi connectivity index (χ0v) is 59.9. The lowest BCUT2D eigenvalue weighted by Gasteiger charge is -2.32. The van der Waals surface area contributed by atoms with Gasteiger partial charge in [-0.15, -0.1) is 0 Å². The molecule has 0 aromatic carbocycles. The molecule has 35 atom stereocenters. The molecule has 0 spiro atoms. The summed E-state index contributed by atoms with van der Waals surface area (Å²) in [6.45, 7) is 15.4. The lowest BCUT2D eigenvalue weighted by Crippen LogP contribution is -2.46. The molecule has 24 aliphatic rings. The maximum absolute atomic E-state index is 11.7. The van der Waals surface area contributed by atoms with Gasteiger partial charge in [0.25, 0.3) is 80.9 Å². The summed E-state index contributed by atoms with van der Waals surface area (Å²) in [7, 11) is -26.4. The summed E-state index contributed by atoms with van der Waals surface area (Å²) in [4.78, 5) is 0. The highest BCUT2D eigenvalue weighted by atomic mass is 32.3. The van der Waals surface area contributed by atoms with E-state index >= 15 is 0 Å². The maximum Gasteiger partial charge on any atom is 0.273 e. The number of ether oxygens (including phenoxy) is 8. The van der Waals surface area contributed by atoms with Gasteiger partial charge in [-0.1, -0.05) is 28.2 Å². The van der Waals surface area contributed by atoms with E-state index in [-0.39, 0.29) is 184 Å². The molecule has 35 unspecified atom stereocenters. The lowest BCUT2D eigenvalue weighted by atomic mass is 9.71. The van der Waals surface area contributed by atoms with E-state index in [2.05, 4.69) is 0 Å². The lowest BCUT2D eigenvalue weighted by molar-refractivity contribution is 0.00116. The van der Waals surface area contributed by atoms with Crippen molar-refractivity contribution in [1.82, 2.24) is 0 Å². The standard InChI is InChI=1S/C9H14O4S.5C7H10O4S.2C6H8O4S.CH4/c1-5-8(2)4-6-7(12-8)9(5,3)13-14(6,10)11;1-7-2-4-6(10-7)5(3-7)12(8,9)11-4;1-7-3-4-2-5(6(7)10-4)12(8,9)11-7;1-7-5-2-4(10-7)3-6(7)12(8,9)11-5;1-3-4-2-5-6(10-4)7(3)12(8,9)11-5;1-3-4-2-5-7(10-4)6(3)11-12(5,8)9;2*7-11(8)5-2-3-1-4(10-11)6(5)9-3;/h5-7H,4H2,1-3H3;3*4-6H,2-3H2,1H3;2*3-7H,2H2,1H3;2*3-6H,1-2H2;1H4. The van der Waals surface area contributed by atoms with E-state index in [1.54, 1.807) is 0 Å². The molecule has 0 aromatic rings. The second-order valence-electron chi connectivity index (χ2n) is 31.6. The van der Waals surface area contributed by atoms with Gasteiger partial charge in [0.05, 0.1) is 47.8 Å². The van der Waals surface area contributed by atoms with Crippen LogP contribution < -0.4 is 0 Å². The van der Waals surface area contributed by atoms with E-state index in [1.165, 1.54) is 0 Å².